The number of rotatable bonds is 6. The molecule has 0 aliphatic carbocycles. The summed E-state index contributed by atoms with van der Waals surface area (Å²) < 4.78 is 35.6. The van der Waals surface area contributed by atoms with Gasteiger partial charge in [0, 0.05) is 12.2 Å². The van der Waals surface area contributed by atoms with Gasteiger partial charge < -0.3 is 15.2 Å². The zero-order valence-electron chi connectivity index (χ0n) is 11.6. The number of sulfonamides is 1. The first-order chi connectivity index (χ1) is 9.36. The second-order valence-corrected chi connectivity index (χ2v) is 5.82. The summed E-state index contributed by atoms with van der Waals surface area (Å²) >= 11 is 0. The van der Waals surface area contributed by atoms with Crippen molar-refractivity contribution in [3.63, 3.8) is 0 Å². The highest BCUT2D eigenvalue weighted by molar-refractivity contribution is 7.89. The number of anilines is 1. The molecule has 8 heteroatoms. The quantitative estimate of drug-likeness (QED) is 0.605. The van der Waals surface area contributed by atoms with Crippen molar-refractivity contribution in [2.45, 2.75) is 11.8 Å². The second-order valence-electron chi connectivity index (χ2n) is 3.92. The summed E-state index contributed by atoms with van der Waals surface area (Å²) in [4.78, 5) is 11.2. The lowest BCUT2D eigenvalue weighted by Gasteiger charge is -2.20. The number of hydrogen-bond donors (Lipinski definition) is 1. The first kappa shape index (κ1) is 16.3. The molecule has 0 heterocycles. The summed E-state index contributed by atoms with van der Waals surface area (Å²) in [6, 6.07) is 4.30. The molecule has 112 valence electrons. The van der Waals surface area contributed by atoms with E-state index < -0.39 is 16.0 Å². The molecule has 2 N–H and O–H groups in total. The molecule has 0 bridgehead atoms. The minimum Gasteiger partial charge on any atom is -0.495 e. The van der Waals surface area contributed by atoms with Gasteiger partial charge >= 0.3 is 5.97 Å². The third-order valence-electron chi connectivity index (χ3n) is 2.69. The maximum atomic E-state index is 12.5. The van der Waals surface area contributed by atoms with Crippen molar-refractivity contribution >= 4 is 21.7 Å². The van der Waals surface area contributed by atoms with Crippen LogP contribution in [0.3, 0.4) is 0 Å². The SMILES string of the molecule is CCN(CC(=O)OC)S(=O)(=O)c1cc(N)ccc1OC. The standard InChI is InChI=1S/C12H18N2O5S/c1-4-14(8-12(15)19-3)20(16,17)11-7-9(13)5-6-10(11)18-2/h5-7H,4,8,13H2,1-3H3. The lowest BCUT2D eigenvalue weighted by Crippen LogP contribution is -2.36. The number of nitrogens with zero attached hydrogens (tertiary/aromatic N) is 1. The van der Waals surface area contributed by atoms with Gasteiger partial charge in [0.25, 0.3) is 0 Å². The largest absolute Gasteiger partial charge is 0.495 e. The molecule has 0 aromatic heterocycles. The lowest BCUT2D eigenvalue weighted by atomic mass is 10.3. The van der Waals surface area contributed by atoms with Crippen molar-refractivity contribution in [3.05, 3.63) is 18.2 Å². The Labute approximate surface area is 118 Å². The molecular formula is C12H18N2O5S. The number of likely N-dealkylation sites (N-methyl/N-ethyl adjacent to an activating group) is 1. The van der Waals surface area contributed by atoms with Crippen LogP contribution in [-0.2, 0) is 19.6 Å². The number of carbonyl (C=O) groups is 1. The molecule has 7 nitrogen and oxygen atoms in total. The molecule has 0 unspecified atom stereocenters. The average molecular weight is 302 g/mol. The Morgan fingerprint density at radius 2 is 2.00 bits per heavy atom. The van der Waals surface area contributed by atoms with Crippen LogP contribution in [0.2, 0.25) is 0 Å². The van der Waals surface area contributed by atoms with E-state index in [9.17, 15) is 13.2 Å². The lowest BCUT2D eigenvalue weighted by molar-refractivity contribution is -0.140. The molecule has 0 aliphatic rings. The van der Waals surface area contributed by atoms with Crippen LogP contribution in [0.25, 0.3) is 0 Å². The van der Waals surface area contributed by atoms with Crippen molar-refractivity contribution in [3.8, 4) is 5.75 Å². The minimum absolute atomic E-state index is 0.0780. The van der Waals surface area contributed by atoms with Gasteiger partial charge in [-0.2, -0.15) is 4.31 Å². The summed E-state index contributed by atoms with van der Waals surface area (Å²) in [5, 5.41) is 0. The van der Waals surface area contributed by atoms with Gasteiger partial charge in [0.05, 0.1) is 14.2 Å². The predicted octanol–water partition coefficient (Wildman–Crippen LogP) is 0.461. The van der Waals surface area contributed by atoms with Crippen LogP contribution in [0.4, 0.5) is 5.69 Å². The number of benzene rings is 1. The third-order valence-corrected chi connectivity index (χ3v) is 4.63. The van der Waals surface area contributed by atoms with Crippen LogP contribution in [0, 0.1) is 0 Å². The van der Waals surface area contributed by atoms with Crippen LogP contribution in [0.5, 0.6) is 5.75 Å². The van der Waals surface area contributed by atoms with E-state index >= 15 is 0 Å². The molecule has 0 amide bonds. The predicted molar refractivity (Wildman–Crippen MR) is 73.9 cm³/mol. The van der Waals surface area contributed by atoms with E-state index in [0.717, 1.165) is 4.31 Å². The van der Waals surface area contributed by atoms with Gasteiger partial charge in [-0.25, -0.2) is 8.42 Å². The van der Waals surface area contributed by atoms with Crippen LogP contribution < -0.4 is 10.5 Å². The molecule has 0 saturated heterocycles. The molecule has 0 spiro atoms. The molecule has 0 fully saturated rings. The molecule has 20 heavy (non-hydrogen) atoms. The highest BCUT2D eigenvalue weighted by Gasteiger charge is 2.28. The van der Waals surface area contributed by atoms with E-state index in [0.29, 0.717) is 5.69 Å². The van der Waals surface area contributed by atoms with Crippen molar-refractivity contribution in [1.29, 1.82) is 0 Å². The van der Waals surface area contributed by atoms with Gasteiger partial charge in [0.2, 0.25) is 10.0 Å². The topological polar surface area (TPSA) is 98.9 Å². The number of hydrogen-bond acceptors (Lipinski definition) is 6. The first-order valence-corrected chi connectivity index (χ1v) is 7.31. The van der Waals surface area contributed by atoms with Gasteiger partial charge in [0.15, 0.2) is 0 Å². The van der Waals surface area contributed by atoms with Crippen LogP contribution in [0.15, 0.2) is 23.1 Å². The van der Waals surface area contributed by atoms with E-state index in [1.54, 1.807) is 6.92 Å². The second kappa shape index (κ2) is 6.58. The van der Waals surface area contributed by atoms with Gasteiger partial charge in [0.1, 0.15) is 17.2 Å². The Morgan fingerprint density at radius 3 is 2.50 bits per heavy atom. The molecule has 0 saturated carbocycles. The van der Waals surface area contributed by atoms with Crippen LogP contribution in [0.1, 0.15) is 6.92 Å². The fraction of sp³-hybridized carbons (Fsp3) is 0.417. The number of carbonyl (C=O) groups excluding carboxylic acids is 1. The van der Waals surface area contributed by atoms with E-state index in [4.69, 9.17) is 10.5 Å². The Morgan fingerprint density at radius 1 is 1.35 bits per heavy atom. The highest BCUT2D eigenvalue weighted by atomic mass is 32.2. The van der Waals surface area contributed by atoms with Gasteiger partial charge in [-0.15, -0.1) is 0 Å². The Bertz CT molecular complexity index is 586. The summed E-state index contributed by atoms with van der Waals surface area (Å²) in [6.45, 7) is 1.38. The van der Waals surface area contributed by atoms with Crippen molar-refractivity contribution in [2.24, 2.45) is 0 Å². The minimum atomic E-state index is -3.89. The van der Waals surface area contributed by atoms with Crippen molar-refractivity contribution in [1.82, 2.24) is 4.31 Å². The fourth-order valence-electron chi connectivity index (χ4n) is 1.61. The van der Waals surface area contributed by atoms with Crippen molar-refractivity contribution in [2.75, 3.05) is 33.0 Å². The van der Waals surface area contributed by atoms with Gasteiger partial charge in [-0.3, -0.25) is 4.79 Å². The van der Waals surface area contributed by atoms with E-state index in [1.165, 1.54) is 32.4 Å². The maximum Gasteiger partial charge on any atom is 0.321 e. The maximum absolute atomic E-state index is 12.5. The first-order valence-electron chi connectivity index (χ1n) is 5.87. The third kappa shape index (κ3) is 3.40. The molecule has 0 radical (unpaired) electrons. The number of nitrogens with two attached hydrogens (primary N) is 1. The normalized spacial score (nSPS) is 11.4. The highest BCUT2D eigenvalue weighted by Crippen LogP contribution is 2.28. The summed E-state index contributed by atoms with van der Waals surface area (Å²) in [5.74, 6) is -0.471. The number of esters is 1. The molecular weight excluding hydrogens is 284 g/mol. The number of nitrogen functional groups attached to an aromatic ring is 1. The van der Waals surface area contributed by atoms with Gasteiger partial charge in [-0.1, -0.05) is 6.92 Å². The fourth-order valence-corrected chi connectivity index (χ4v) is 3.19. The Hall–Kier alpha value is -1.80. The van der Waals surface area contributed by atoms with E-state index in [1.807, 2.05) is 0 Å². The summed E-state index contributed by atoms with van der Waals surface area (Å²) in [6.07, 6.45) is 0. The van der Waals surface area contributed by atoms with Crippen molar-refractivity contribution < 1.29 is 22.7 Å². The van der Waals surface area contributed by atoms with Crippen LogP contribution in [-0.4, -0.2) is 46.0 Å². The summed E-state index contributed by atoms with van der Waals surface area (Å²) in [7, 11) is -1.33. The zero-order chi connectivity index (χ0) is 15.3. The number of ether oxygens (including phenoxy) is 2. The van der Waals surface area contributed by atoms with Crippen LogP contribution >= 0.6 is 0 Å². The van der Waals surface area contributed by atoms with E-state index in [2.05, 4.69) is 4.74 Å². The zero-order valence-corrected chi connectivity index (χ0v) is 12.4. The molecule has 1 aromatic rings. The molecule has 1 rings (SSSR count). The Kier molecular flexibility index (Phi) is 5.34. The molecule has 1 aromatic carbocycles. The molecule has 0 atom stereocenters. The average Bonchev–Trinajstić information content (AvgIpc) is 2.44. The summed E-state index contributed by atoms with van der Waals surface area (Å²) in [5.41, 5.74) is 5.91. The van der Waals surface area contributed by atoms with Gasteiger partial charge in [-0.05, 0) is 18.2 Å². The molecule has 0 aliphatic heterocycles. The van der Waals surface area contributed by atoms with E-state index in [-0.39, 0.29) is 23.7 Å². The monoisotopic (exact) mass is 302 g/mol. The Balaban J connectivity index is 3.26. The smallest absolute Gasteiger partial charge is 0.321 e. The number of methoxy groups -OCH3 is 2.